The van der Waals surface area contributed by atoms with Crippen molar-refractivity contribution >= 4 is 23.0 Å². The van der Waals surface area contributed by atoms with Crippen LogP contribution >= 0.6 is 12.2 Å². The highest BCUT2D eigenvalue weighted by molar-refractivity contribution is 7.80. The van der Waals surface area contributed by atoms with E-state index in [2.05, 4.69) is 16.0 Å². The van der Waals surface area contributed by atoms with Crippen LogP contribution in [-0.2, 0) is 6.54 Å². The van der Waals surface area contributed by atoms with Gasteiger partial charge in [-0.2, -0.15) is 0 Å². The number of hydrogen-bond acceptors (Lipinski definition) is 4. The summed E-state index contributed by atoms with van der Waals surface area (Å²) in [6, 6.07) is 11.8. The molecule has 0 saturated heterocycles. The van der Waals surface area contributed by atoms with Crippen LogP contribution < -0.4 is 15.4 Å². The normalized spacial score (nSPS) is 10.1. The number of pyridine rings is 1. The fourth-order valence-electron chi connectivity index (χ4n) is 1.88. The SMILES string of the molecule is COc1cccc(CN(C)c2ccc(C(N)=S)cn2)c1. The van der Waals surface area contributed by atoms with E-state index in [4.69, 9.17) is 22.7 Å². The summed E-state index contributed by atoms with van der Waals surface area (Å²) < 4.78 is 5.22. The highest BCUT2D eigenvalue weighted by Gasteiger charge is 2.05. The summed E-state index contributed by atoms with van der Waals surface area (Å²) >= 11 is 4.91. The lowest BCUT2D eigenvalue weighted by Gasteiger charge is -2.18. The van der Waals surface area contributed by atoms with Crippen molar-refractivity contribution < 1.29 is 4.74 Å². The minimum absolute atomic E-state index is 0.361. The molecule has 0 aliphatic carbocycles. The third-order valence-electron chi connectivity index (χ3n) is 2.98. The molecule has 1 heterocycles. The molecule has 2 N–H and O–H groups in total. The molecule has 0 aliphatic rings. The number of nitrogens with two attached hydrogens (primary N) is 1. The van der Waals surface area contributed by atoms with Gasteiger partial charge in [0.1, 0.15) is 16.6 Å². The van der Waals surface area contributed by atoms with E-state index in [0.717, 1.165) is 29.2 Å². The van der Waals surface area contributed by atoms with E-state index in [9.17, 15) is 0 Å². The molecule has 0 atom stereocenters. The molecular weight excluding hydrogens is 270 g/mol. The standard InChI is InChI=1S/C15H17N3OS/c1-18(10-11-4-3-5-13(8-11)19-2)14-7-6-12(9-17-14)15(16)20/h3-9H,10H2,1-2H3,(H2,16,20). The largest absolute Gasteiger partial charge is 0.497 e. The molecule has 0 aliphatic heterocycles. The molecular formula is C15H17N3OS. The Bertz CT molecular complexity index is 598. The van der Waals surface area contributed by atoms with Gasteiger partial charge in [0.25, 0.3) is 0 Å². The number of nitrogens with zero attached hydrogens (tertiary/aromatic N) is 2. The first kappa shape index (κ1) is 14.3. The van der Waals surface area contributed by atoms with Crippen molar-refractivity contribution in [2.24, 2.45) is 5.73 Å². The van der Waals surface area contributed by atoms with Gasteiger partial charge in [-0.25, -0.2) is 4.98 Å². The molecule has 1 aromatic carbocycles. The van der Waals surface area contributed by atoms with Crippen molar-refractivity contribution in [3.05, 3.63) is 53.7 Å². The Morgan fingerprint density at radius 2 is 2.15 bits per heavy atom. The van der Waals surface area contributed by atoms with E-state index in [0.29, 0.717) is 4.99 Å². The second kappa shape index (κ2) is 6.34. The molecule has 2 aromatic rings. The van der Waals surface area contributed by atoms with Crippen LogP contribution in [0.3, 0.4) is 0 Å². The van der Waals surface area contributed by atoms with Crippen LogP contribution in [0.1, 0.15) is 11.1 Å². The maximum atomic E-state index is 5.56. The molecule has 0 bridgehead atoms. The average molecular weight is 287 g/mol. The van der Waals surface area contributed by atoms with Gasteiger partial charge in [0.2, 0.25) is 0 Å². The van der Waals surface area contributed by atoms with Crippen molar-refractivity contribution in [1.82, 2.24) is 4.98 Å². The number of hydrogen-bond donors (Lipinski definition) is 1. The smallest absolute Gasteiger partial charge is 0.128 e. The summed E-state index contributed by atoms with van der Waals surface area (Å²) in [5.74, 6) is 1.72. The van der Waals surface area contributed by atoms with E-state index in [1.54, 1.807) is 13.3 Å². The summed E-state index contributed by atoms with van der Waals surface area (Å²) in [6.07, 6.45) is 1.69. The monoisotopic (exact) mass is 287 g/mol. The Balaban J connectivity index is 2.10. The van der Waals surface area contributed by atoms with Crippen LogP contribution in [-0.4, -0.2) is 24.1 Å². The molecule has 5 heteroatoms. The Hall–Kier alpha value is -2.14. The van der Waals surface area contributed by atoms with Gasteiger partial charge in [-0.3, -0.25) is 0 Å². The van der Waals surface area contributed by atoms with E-state index in [-0.39, 0.29) is 0 Å². The molecule has 20 heavy (non-hydrogen) atoms. The number of anilines is 1. The number of aromatic nitrogens is 1. The van der Waals surface area contributed by atoms with Gasteiger partial charge in [0, 0.05) is 25.4 Å². The van der Waals surface area contributed by atoms with Gasteiger partial charge < -0.3 is 15.4 Å². The Morgan fingerprint density at radius 1 is 1.35 bits per heavy atom. The second-order valence-corrected chi connectivity index (χ2v) is 4.92. The number of methoxy groups -OCH3 is 1. The second-order valence-electron chi connectivity index (χ2n) is 4.48. The number of benzene rings is 1. The predicted octanol–water partition coefficient (Wildman–Crippen LogP) is 2.36. The van der Waals surface area contributed by atoms with Crippen molar-refractivity contribution in [3.63, 3.8) is 0 Å². The number of rotatable bonds is 5. The van der Waals surface area contributed by atoms with Crippen LogP contribution in [0.5, 0.6) is 5.75 Å². The zero-order valence-corrected chi connectivity index (χ0v) is 12.4. The third-order valence-corrected chi connectivity index (χ3v) is 3.21. The van der Waals surface area contributed by atoms with Crippen LogP contribution in [0.15, 0.2) is 42.6 Å². The molecule has 0 spiro atoms. The third kappa shape index (κ3) is 3.45. The summed E-state index contributed by atoms with van der Waals surface area (Å²) in [6.45, 7) is 0.747. The van der Waals surface area contributed by atoms with E-state index in [1.165, 1.54) is 0 Å². The van der Waals surface area contributed by atoms with E-state index >= 15 is 0 Å². The zero-order valence-electron chi connectivity index (χ0n) is 11.5. The van der Waals surface area contributed by atoms with Crippen LogP contribution in [0, 0.1) is 0 Å². The number of ether oxygens (including phenoxy) is 1. The molecule has 0 saturated carbocycles. The van der Waals surface area contributed by atoms with Crippen molar-refractivity contribution in [1.29, 1.82) is 0 Å². The predicted molar refractivity (Wildman–Crippen MR) is 85.2 cm³/mol. The highest BCUT2D eigenvalue weighted by Crippen LogP contribution is 2.17. The molecule has 1 aromatic heterocycles. The van der Waals surface area contributed by atoms with Crippen molar-refractivity contribution in [3.8, 4) is 5.75 Å². The molecule has 0 amide bonds. The van der Waals surface area contributed by atoms with Gasteiger partial charge in [0.15, 0.2) is 0 Å². The Morgan fingerprint density at radius 3 is 2.75 bits per heavy atom. The van der Waals surface area contributed by atoms with E-state index in [1.807, 2.05) is 37.4 Å². The minimum atomic E-state index is 0.361. The van der Waals surface area contributed by atoms with Gasteiger partial charge in [-0.05, 0) is 29.8 Å². The van der Waals surface area contributed by atoms with Crippen LogP contribution in [0.25, 0.3) is 0 Å². The molecule has 0 radical (unpaired) electrons. The van der Waals surface area contributed by atoms with Gasteiger partial charge in [-0.15, -0.1) is 0 Å². The fraction of sp³-hybridized carbons (Fsp3) is 0.200. The topological polar surface area (TPSA) is 51.4 Å². The molecule has 2 rings (SSSR count). The Kier molecular flexibility index (Phi) is 4.53. The lowest BCUT2D eigenvalue weighted by molar-refractivity contribution is 0.414. The van der Waals surface area contributed by atoms with Crippen molar-refractivity contribution in [2.75, 3.05) is 19.1 Å². The maximum absolute atomic E-state index is 5.56. The maximum Gasteiger partial charge on any atom is 0.128 e. The highest BCUT2D eigenvalue weighted by atomic mass is 32.1. The van der Waals surface area contributed by atoms with Gasteiger partial charge in [-0.1, -0.05) is 24.4 Å². The van der Waals surface area contributed by atoms with Gasteiger partial charge in [0.05, 0.1) is 7.11 Å². The lowest BCUT2D eigenvalue weighted by atomic mass is 10.2. The Labute approximate surface area is 124 Å². The first-order chi connectivity index (χ1) is 9.60. The summed E-state index contributed by atoms with van der Waals surface area (Å²) in [5.41, 5.74) is 7.50. The van der Waals surface area contributed by atoms with Gasteiger partial charge >= 0.3 is 0 Å². The molecule has 104 valence electrons. The van der Waals surface area contributed by atoms with Crippen molar-refractivity contribution in [2.45, 2.75) is 6.54 Å². The molecule has 0 fully saturated rings. The molecule has 0 unspecified atom stereocenters. The van der Waals surface area contributed by atoms with E-state index < -0.39 is 0 Å². The summed E-state index contributed by atoms with van der Waals surface area (Å²) in [5, 5.41) is 0. The lowest BCUT2D eigenvalue weighted by Crippen LogP contribution is -2.18. The summed E-state index contributed by atoms with van der Waals surface area (Å²) in [7, 11) is 3.65. The fourth-order valence-corrected chi connectivity index (χ4v) is 2.00. The van der Waals surface area contributed by atoms with Crippen LogP contribution in [0.2, 0.25) is 0 Å². The molecule has 4 nitrogen and oxygen atoms in total. The summed E-state index contributed by atoms with van der Waals surface area (Å²) in [4.78, 5) is 6.78. The number of thiocarbonyl (C=S) groups is 1. The first-order valence-electron chi connectivity index (χ1n) is 6.20. The average Bonchev–Trinajstić information content (AvgIpc) is 2.47. The first-order valence-corrected chi connectivity index (χ1v) is 6.61. The zero-order chi connectivity index (χ0) is 14.5. The minimum Gasteiger partial charge on any atom is -0.497 e. The quantitative estimate of drug-likeness (QED) is 0.856. The van der Waals surface area contributed by atoms with Crippen LogP contribution in [0.4, 0.5) is 5.82 Å².